The maximum atomic E-state index is 12.3. The minimum atomic E-state index is -0.129. The standard InChI is InChI=1S/C24H24N2O3/c27-23-6-3-14-26(23)17-18-7-9-20(10-8-18)24(28)25-13-15-29-22-12-11-19-4-1-2-5-21(19)16-22/h1-2,4-5,7-12,16H,3,6,13-15,17H2,(H,25,28). The van der Waals surface area contributed by atoms with Crippen LogP contribution < -0.4 is 10.1 Å². The molecule has 5 nitrogen and oxygen atoms in total. The molecule has 0 atom stereocenters. The van der Waals surface area contributed by atoms with Gasteiger partial charge in [-0.1, -0.05) is 42.5 Å². The van der Waals surface area contributed by atoms with E-state index in [1.807, 2.05) is 53.4 Å². The highest BCUT2D eigenvalue weighted by Gasteiger charge is 2.19. The number of ether oxygens (including phenoxy) is 1. The van der Waals surface area contributed by atoms with E-state index in [9.17, 15) is 9.59 Å². The Hall–Kier alpha value is -3.34. The molecule has 0 spiro atoms. The summed E-state index contributed by atoms with van der Waals surface area (Å²) in [7, 11) is 0. The van der Waals surface area contributed by atoms with Crippen molar-refractivity contribution in [3.8, 4) is 5.75 Å². The van der Waals surface area contributed by atoms with Crippen LogP contribution in [0.3, 0.4) is 0 Å². The molecule has 0 aliphatic carbocycles. The second kappa shape index (κ2) is 8.78. The average Bonchev–Trinajstić information content (AvgIpc) is 3.16. The molecule has 0 saturated carbocycles. The van der Waals surface area contributed by atoms with Gasteiger partial charge in [-0.05, 0) is 47.0 Å². The van der Waals surface area contributed by atoms with Crippen LogP contribution in [-0.4, -0.2) is 36.4 Å². The van der Waals surface area contributed by atoms with Crippen LogP contribution in [0, 0.1) is 0 Å². The van der Waals surface area contributed by atoms with Gasteiger partial charge in [-0.3, -0.25) is 9.59 Å². The fourth-order valence-electron chi connectivity index (χ4n) is 3.55. The maximum Gasteiger partial charge on any atom is 0.251 e. The Labute approximate surface area is 170 Å². The van der Waals surface area contributed by atoms with E-state index in [4.69, 9.17) is 4.74 Å². The lowest BCUT2D eigenvalue weighted by molar-refractivity contribution is -0.128. The van der Waals surface area contributed by atoms with Gasteiger partial charge in [0.15, 0.2) is 0 Å². The van der Waals surface area contributed by atoms with Gasteiger partial charge in [0.05, 0.1) is 6.54 Å². The van der Waals surface area contributed by atoms with Crippen molar-refractivity contribution in [3.05, 3.63) is 77.9 Å². The highest BCUT2D eigenvalue weighted by atomic mass is 16.5. The van der Waals surface area contributed by atoms with Crippen LogP contribution in [0.5, 0.6) is 5.75 Å². The van der Waals surface area contributed by atoms with E-state index in [1.165, 1.54) is 5.39 Å². The first-order valence-electron chi connectivity index (χ1n) is 9.95. The van der Waals surface area contributed by atoms with Gasteiger partial charge >= 0.3 is 0 Å². The number of nitrogens with one attached hydrogen (secondary N) is 1. The molecular formula is C24H24N2O3. The number of amides is 2. The molecule has 1 fully saturated rings. The molecule has 1 aliphatic rings. The second-order valence-electron chi connectivity index (χ2n) is 7.23. The topological polar surface area (TPSA) is 58.6 Å². The van der Waals surface area contributed by atoms with E-state index >= 15 is 0 Å². The number of carbonyl (C=O) groups excluding carboxylic acids is 2. The van der Waals surface area contributed by atoms with E-state index in [1.54, 1.807) is 12.1 Å². The van der Waals surface area contributed by atoms with Crippen molar-refractivity contribution in [3.63, 3.8) is 0 Å². The Morgan fingerprint density at radius 3 is 2.55 bits per heavy atom. The molecule has 0 bridgehead atoms. The van der Waals surface area contributed by atoms with E-state index in [0.29, 0.717) is 31.7 Å². The molecule has 1 heterocycles. The summed E-state index contributed by atoms with van der Waals surface area (Å²) in [6.07, 6.45) is 1.57. The summed E-state index contributed by atoms with van der Waals surface area (Å²) < 4.78 is 5.75. The van der Waals surface area contributed by atoms with Crippen molar-refractivity contribution in [1.29, 1.82) is 0 Å². The van der Waals surface area contributed by atoms with Crippen LogP contribution >= 0.6 is 0 Å². The third kappa shape index (κ3) is 4.74. The first-order valence-corrected chi connectivity index (χ1v) is 9.95. The Bertz CT molecular complexity index is 1010. The normalized spacial score (nSPS) is 13.7. The summed E-state index contributed by atoms with van der Waals surface area (Å²) in [4.78, 5) is 25.9. The van der Waals surface area contributed by atoms with Crippen LogP contribution in [0.4, 0.5) is 0 Å². The van der Waals surface area contributed by atoms with Gasteiger partial charge in [0, 0.05) is 25.1 Å². The SMILES string of the molecule is O=C(NCCOc1ccc2ccccc2c1)c1ccc(CN2CCCC2=O)cc1. The molecule has 2 amide bonds. The number of rotatable bonds is 7. The molecule has 0 unspecified atom stereocenters. The zero-order valence-corrected chi connectivity index (χ0v) is 16.3. The fraction of sp³-hybridized carbons (Fsp3) is 0.250. The first kappa shape index (κ1) is 19.0. The molecule has 4 rings (SSSR count). The number of hydrogen-bond acceptors (Lipinski definition) is 3. The van der Waals surface area contributed by atoms with Crippen molar-refractivity contribution < 1.29 is 14.3 Å². The highest BCUT2D eigenvalue weighted by molar-refractivity contribution is 5.94. The van der Waals surface area contributed by atoms with Gasteiger partial charge in [-0.2, -0.15) is 0 Å². The van der Waals surface area contributed by atoms with E-state index < -0.39 is 0 Å². The molecule has 148 valence electrons. The number of hydrogen-bond donors (Lipinski definition) is 1. The lowest BCUT2D eigenvalue weighted by atomic mass is 10.1. The molecule has 0 aromatic heterocycles. The van der Waals surface area contributed by atoms with Crippen LogP contribution in [0.25, 0.3) is 10.8 Å². The first-order chi connectivity index (χ1) is 14.2. The smallest absolute Gasteiger partial charge is 0.251 e. The van der Waals surface area contributed by atoms with Gasteiger partial charge in [0.1, 0.15) is 12.4 Å². The van der Waals surface area contributed by atoms with E-state index in [-0.39, 0.29) is 11.8 Å². The third-order valence-corrected chi connectivity index (χ3v) is 5.14. The lowest BCUT2D eigenvalue weighted by Gasteiger charge is -2.15. The van der Waals surface area contributed by atoms with Gasteiger partial charge < -0.3 is 15.0 Å². The number of likely N-dealkylation sites (tertiary alicyclic amines) is 1. The Kier molecular flexibility index (Phi) is 5.75. The third-order valence-electron chi connectivity index (χ3n) is 5.14. The molecule has 1 N–H and O–H groups in total. The van der Waals surface area contributed by atoms with Gasteiger partial charge in [0.2, 0.25) is 5.91 Å². The zero-order chi connectivity index (χ0) is 20.1. The second-order valence-corrected chi connectivity index (χ2v) is 7.23. The number of benzene rings is 3. The Morgan fingerprint density at radius 1 is 1.00 bits per heavy atom. The monoisotopic (exact) mass is 388 g/mol. The molecule has 3 aromatic carbocycles. The molecular weight excluding hydrogens is 364 g/mol. The van der Waals surface area contributed by atoms with Crippen LogP contribution in [0.1, 0.15) is 28.8 Å². The summed E-state index contributed by atoms with van der Waals surface area (Å²) in [5, 5.41) is 5.18. The van der Waals surface area contributed by atoms with Crippen molar-refractivity contribution in [2.45, 2.75) is 19.4 Å². The Balaban J connectivity index is 1.24. The average molecular weight is 388 g/mol. The molecule has 1 aliphatic heterocycles. The molecule has 29 heavy (non-hydrogen) atoms. The van der Waals surface area contributed by atoms with Crippen LogP contribution in [0.15, 0.2) is 66.7 Å². The predicted molar refractivity (Wildman–Crippen MR) is 113 cm³/mol. The van der Waals surface area contributed by atoms with Gasteiger partial charge in [-0.25, -0.2) is 0 Å². The Morgan fingerprint density at radius 2 is 1.79 bits per heavy atom. The van der Waals surface area contributed by atoms with Crippen LogP contribution in [-0.2, 0) is 11.3 Å². The summed E-state index contributed by atoms with van der Waals surface area (Å²) in [6, 6.07) is 21.5. The number of nitrogens with zero attached hydrogens (tertiary/aromatic N) is 1. The lowest BCUT2D eigenvalue weighted by Crippen LogP contribution is -2.28. The number of fused-ring (bicyclic) bond motifs is 1. The fourth-order valence-corrected chi connectivity index (χ4v) is 3.55. The molecule has 5 heteroatoms. The highest BCUT2D eigenvalue weighted by Crippen LogP contribution is 2.20. The largest absolute Gasteiger partial charge is 0.492 e. The van der Waals surface area contributed by atoms with Crippen molar-refractivity contribution in [1.82, 2.24) is 10.2 Å². The summed E-state index contributed by atoms with van der Waals surface area (Å²) in [6.45, 7) is 2.26. The van der Waals surface area contributed by atoms with Crippen LogP contribution in [0.2, 0.25) is 0 Å². The van der Waals surface area contributed by atoms with E-state index in [2.05, 4.69) is 11.4 Å². The predicted octanol–water partition coefficient (Wildman–Crippen LogP) is 3.77. The quantitative estimate of drug-likeness (QED) is 0.627. The summed E-state index contributed by atoms with van der Waals surface area (Å²) in [5.41, 5.74) is 1.64. The summed E-state index contributed by atoms with van der Waals surface area (Å²) in [5.74, 6) is 0.868. The minimum absolute atomic E-state index is 0.129. The molecule has 1 saturated heterocycles. The molecule has 3 aromatic rings. The zero-order valence-electron chi connectivity index (χ0n) is 16.3. The van der Waals surface area contributed by atoms with Gasteiger partial charge in [0.25, 0.3) is 5.91 Å². The van der Waals surface area contributed by atoms with Crippen molar-refractivity contribution in [2.75, 3.05) is 19.7 Å². The van der Waals surface area contributed by atoms with Crippen molar-refractivity contribution >= 4 is 22.6 Å². The molecule has 0 radical (unpaired) electrons. The van der Waals surface area contributed by atoms with E-state index in [0.717, 1.165) is 29.7 Å². The van der Waals surface area contributed by atoms with Gasteiger partial charge in [-0.15, -0.1) is 0 Å². The van der Waals surface area contributed by atoms with Crippen molar-refractivity contribution in [2.24, 2.45) is 0 Å². The maximum absolute atomic E-state index is 12.3. The number of carbonyl (C=O) groups is 2. The minimum Gasteiger partial charge on any atom is -0.492 e. The summed E-state index contributed by atoms with van der Waals surface area (Å²) >= 11 is 0.